The third-order valence-corrected chi connectivity index (χ3v) is 7.16. The zero-order chi connectivity index (χ0) is 24.8. The SMILES string of the molecule is O=C(NCC1CC1)c1cn(-c2cccc(-c3ccc(C4CC4C(=O)O)cc3)c2)c2ncccc2c1=O. The van der Waals surface area contributed by atoms with Crippen LogP contribution in [0.4, 0.5) is 0 Å². The molecule has 2 heterocycles. The summed E-state index contributed by atoms with van der Waals surface area (Å²) in [4.78, 5) is 41.6. The molecule has 2 aliphatic rings. The summed E-state index contributed by atoms with van der Waals surface area (Å²) in [5.41, 5.74) is 4.05. The van der Waals surface area contributed by atoms with Crippen LogP contribution in [0.1, 0.15) is 41.1 Å². The second-order valence-corrected chi connectivity index (χ2v) is 9.73. The van der Waals surface area contributed by atoms with E-state index in [-0.39, 0.29) is 28.7 Å². The molecule has 2 saturated carbocycles. The molecule has 2 aromatic heterocycles. The van der Waals surface area contributed by atoms with Gasteiger partial charge in [0.25, 0.3) is 5.91 Å². The number of nitrogens with zero attached hydrogens (tertiary/aromatic N) is 2. The van der Waals surface area contributed by atoms with Crippen LogP contribution in [0.5, 0.6) is 0 Å². The largest absolute Gasteiger partial charge is 0.481 e. The highest BCUT2D eigenvalue weighted by Crippen LogP contribution is 2.47. The normalized spacial score (nSPS) is 18.7. The van der Waals surface area contributed by atoms with Crippen molar-refractivity contribution in [3.05, 3.63) is 94.4 Å². The van der Waals surface area contributed by atoms with Crippen LogP contribution in [-0.2, 0) is 4.79 Å². The Bertz CT molecular complexity index is 1550. The van der Waals surface area contributed by atoms with Crippen molar-refractivity contribution < 1.29 is 14.7 Å². The van der Waals surface area contributed by atoms with Crippen LogP contribution in [0.3, 0.4) is 0 Å². The number of aliphatic carboxylic acids is 1. The van der Waals surface area contributed by atoms with Gasteiger partial charge in [-0.25, -0.2) is 4.98 Å². The highest BCUT2D eigenvalue weighted by Gasteiger charge is 2.44. The summed E-state index contributed by atoms with van der Waals surface area (Å²) < 4.78 is 1.79. The average molecular weight is 480 g/mol. The number of rotatable bonds is 7. The van der Waals surface area contributed by atoms with Crippen molar-refractivity contribution in [2.75, 3.05) is 6.54 Å². The fraction of sp³-hybridized carbons (Fsp3) is 0.241. The second kappa shape index (κ2) is 8.75. The van der Waals surface area contributed by atoms with Gasteiger partial charge in [-0.15, -0.1) is 0 Å². The van der Waals surface area contributed by atoms with E-state index in [1.54, 1.807) is 29.1 Å². The lowest BCUT2D eigenvalue weighted by molar-refractivity contribution is -0.138. The number of carbonyl (C=O) groups is 2. The van der Waals surface area contributed by atoms with Crippen LogP contribution >= 0.6 is 0 Å². The van der Waals surface area contributed by atoms with E-state index < -0.39 is 5.97 Å². The molecule has 4 aromatic rings. The zero-order valence-electron chi connectivity index (χ0n) is 19.6. The van der Waals surface area contributed by atoms with E-state index in [0.29, 0.717) is 29.9 Å². The first-order chi connectivity index (χ1) is 17.5. The van der Waals surface area contributed by atoms with E-state index in [2.05, 4.69) is 10.3 Å². The van der Waals surface area contributed by atoms with E-state index in [1.807, 2.05) is 48.5 Å². The van der Waals surface area contributed by atoms with Gasteiger partial charge in [0, 0.05) is 24.6 Å². The molecule has 2 aliphatic carbocycles. The van der Waals surface area contributed by atoms with Gasteiger partial charge in [-0.2, -0.15) is 0 Å². The van der Waals surface area contributed by atoms with Crippen molar-refractivity contribution in [3.8, 4) is 16.8 Å². The van der Waals surface area contributed by atoms with Gasteiger partial charge in [0.2, 0.25) is 5.43 Å². The Labute approximate surface area is 207 Å². The standard InChI is InChI=1S/C29H25N3O4/c33-26-22-5-2-12-30-27(22)32(16-25(26)28(34)31-15-17-6-7-17)21-4-1-3-20(13-21)18-8-10-19(11-9-18)23-14-24(23)29(35)36/h1-5,8-13,16-17,23-24H,6-7,14-15H2,(H,31,34)(H,35,36). The molecule has 0 spiro atoms. The number of fused-ring (bicyclic) bond motifs is 1. The lowest BCUT2D eigenvalue weighted by atomic mass is 10.0. The van der Waals surface area contributed by atoms with Gasteiger partial charge in [0.15, 0.2) is 0 Å². The summed E-state index contributed by atoms with van der Waals surface area (Å²) in [7, 11) is 0. The van der Waals surface area contributed by atoms with Gasteiger partial charge in [-0.3, -0.25) is 14.4 Å². The Kier molecular flexibility index (Phi) is 5.40. The summed E-state index contributed by atoms with van der Waals surface area (Å²) in [5.74, 6) is -0.782. The maximum atomic E-state index is 13.1. The maximum absolute atomic E-state index is 13.1. The van der Waals surface area contributed by atoms with Gasteiger partial charge in [0.1, 0.15) is 11.2 Å². The predicted octanol–water partition coefficient (Wildman–Crippen LogP) is 4.38. The van der Waals surface area contributed by atoms with Crippen LogP contribution in [0.15, 0.2) is 77.9 Å². The lowest BCUT2D eigenvalue weighted by Crippen LogP contribution is -2.31. The van der Waals surface area contributed by atoms with E-state index in [9.17, 15) is 19.5 Å². The Hall–Kier alpha value is -4.26. The molecule has 0 aliphatic heterocycles. The summed E-state index contributed by atoms with van der Waals surface area (Å²) in [6.45, 7) is 0.586. The van der Waals surface area contributed by atoms with Crippen molar-refractivity contribution in [1.29, 1.82) is 0 Å². The fourth-order valence-electron chi connectivity index (χ4n) is 4.77. The van der Waals surface area contributed by atoms with Crippen molar-refractivity contribution in [2.24, 2.45) is 11.8 Å². The summed E-state index contributed by atoms with van der Waals surface area (Å²) in [6, 6.07) is 19.2. The first-order valence-corrected chi connectivity index (χ1v) is 12.2. The number of amides is 1. The highest BCUT2D eigenvalue weighted by atomic mass is 16.4. The van der Waals surface area contributed by atoms with E-state index in [0.717, 1.165) is 35.2 Å². The Morgan fingerprint density at radius 2 is 1.83 bits per heavy atom. The van der Waals surface area contributed by atoms with Crippen molar-refractivity contribution >= 4 is 22.9 Å². The fourth-order valence-corrected chi connectivity index (χ4v) is 4.77. The molecule has 36 heavy (non-hydrogen) atoms. The number of hydrogen-bond acceptors (Lipinski definition) is 4. The van der Waals surface area contributed by atoms with Gasteiger partial charge >= 0.3 is 5.97 Å². The molecule has 7 nitrogen and oxygen atoms in total. The van der Waals surface area contributed by atoms with E-state index >= 15 is 0 Å². The molecule has 180 valence electrons. The molecule has 1 amide bonds. The molecule has 2 fully saturated rings. The van der Waals surface area contributed by atoms with E-state index in [4.69, 9.17) is 0 Å². The van der Waals surface area contributed by atoms with Gasteiger partial charge in [-0.05, 0) is 72.1 Å². The molecule has 0 radical (unpaired) electrons. The smallest absolute Gasteiger partial charge is 0.307 e. The quantitative estimate of drug-likeness (QED) is 0.410. The topological polar surface area (TPSA) is 101 Å². The Morgan fingerprint density at radius 1 is 1.03 bits per heavy atom. The van der Waals surface area contributed by atoms with Gasteiger partial charge in [-0.1, -0.05) is 36.4 Å². The van der Waals surface area contributed by atoms with Crippen molar-refractivity contribution in [1.82, 2.24) is 14.9 Å². The maximum Gasteiger partial charge on any atom is 0.307 e. The third-order valence-electron chi connectivity index (χ3n) is 7.16. The number of carboxylic acids is 1. The van der Waals surface area contributed by atoms with Crippen molar-refractivity contribution in [3.63, 3.8) is 0 Å². The molecular formula is C29H25N3O4. The molecule has 6 rings (SSSR count). The molecule has 7 heteroatoms. The minimum Gasteiger partial charge on any atom is -0.481 e. The number of carbonyl (C=O) groups excluding carboxylic acids is 1. The number of hydrogen-bond donors (Lipinski definition) is 2. The number of aromatic nitrogens is 2. The molecule has 2 unspecified atom stereocenters. The van der Waals surface area contributed by atoms with E-state index in [1.165, 1.54) is 0 Å². The minimum absolute atomic E-state index is 0.0889. The molecule has 0 bridgehead atoms. The monoisotopic (exact) mass is 479 g/mol. The van der Waals surface area contributed by atoms with Crippen LogP contribution in [0, 0.1) is 11.8 Å². The van der Waals surface area contributed by atoms with Crippen LogP contribution < -0.4 is 10.7 Å². The van der Waals surface area contributed by atoms with Crippen molar-refractivity contribution in [2.45, 2.75) is 25.2 Å². The number of nitrogens with one attached hydrogen (secondary N) is 1. The van der Waals surface area contributed by atoms with Crippen LogP contribution in [-0.4, -0.2) is 33.1 Å². The molecule has 2 aromatic carbocycles. The second-order valence-electron chi connectivity index (χ2n) is 9.73. The van der Waals surface area contributed by atoms with Gasteiger partial charge < -0.3 is 15.0 Å². The molecule has 2 atom stereocenters. The number of pyridine rings is 2. The third kappa shape index (κ3) is 4.17. The predicted molar refractivity (Wildman–Crippen MR) is 136 cm³/mol. The van der Waals surface area contributed by atoms with Gasteiger partial charge in [0.05, 0.1) is 11.3 Å². The zero-order valence-corrected chi connectivity index (χ0v) is 19.6. The number of carboxylic acid groups (broad SMARTS) is 1. The Balaban J connectivity index is 1.36. The molecule has 0 saturated heterocycles. The summed E-state index contributed by atoms with van der Waals surface area (Å²) in [6.07, 6.45) is 6.13. The number of benzene rings is 2. The highest BCUT2D eigenvalue weighted by molar-refractivity contribution is 5.97. The lowest BCUT2D eigenvalue weighted by Gasteiger charge is -2.14. The first-order valence-electron chi connectivity index (χ1n) is 12.2. The summed E-state index contributed by atoms with van der Waals surface area (Å²) >= 11 is 0. The summed E-state index contributed by atoms with van der Waals surface area (Å²) in [5, 5.41) is 12.5. The minimum atomic E-state index is -0.737. The van der Waals surface area contributed by atoms with Crippen LogP contribution in [0.2, 0.25) is 0 Å². The molecular weight excluding hydrogens is 454 g/mol. The Morgan fingerprint density at radius 3 is 2.56 bits per heavy atom. The average Bonchev–Trinajstić information content (AvgIpc) is 3.82. The molecule has 2 N–H and O–H groups in total. The first kappa shape index (κ1) is 22.2. The van der Waals surface area contributed by atoms with Crippen LogP contribution in [0.25, 0.3) is 27.8 Å².